The van der Waals surface area contributed by atoms with Gasteiger partial charge in [0, 0.05) is 87.8 Å². The van der Waals surface area contributed by atoms with Crippen molar-refractivity contribution >= 4 is 17.7 Å². The Morgan fingerprint density at radius 2 is 1.45 bits per heavy atom. The number of carbonyl (C=O) groups excluding carboxylic acids is 1. The van der Waals surface area contributed by atoms with Crippen molar-refractivity contribution in [2.45, 2.75) is 6.92 Å². The highest BCUT2D eigenvalue weighted by atomic mass is 16.2. The van der Waals surface area contributed by atoms with Crippen LogP contribution in [0.3, 0.4) is 0 Å². The maximum Gasteiger partial charge on any atom is 0.253 e. The van der Waals surface area contributed by atoms with Crippen molar-refractivity contribution in [2.75, 3.05) is 69.2 Å². The number of anilines is 2. The second-order valence-corrected chi connectivity index (χ2v) is 8.87. The van der Waals surface area contributed by atoms with Crippen molar-refractivity contribution in [3.8, 4) is 5.69 Å². The Labute approximate surface area is 195 Å². The number of amides is 1. The van der Waals surface area contributed by atoms with Gasteiger partial charge in [-0.15, -0.1) is 0 Å². The maximum atomic E-state index is 13.0. The van der Waals surface area contributed by atoms with E-state index in [1.54, 1.807) is 0 Å². The molecule has 2 fully saturated rings. The van der Waals surface area contributed by atoms with Crippen molar-refractivity contribution in [1.29, 1.82) is 0 Å². The highest BCUT2D eigenvalue weighted by Crippen LogP contribution is 2.21. The van der Waals surface area contributed by atoms with E-state index in [4.69, 9.17) is 9.97 Å². The number of carbonyl (C=O) groups is 1. The third kappa shape index (κ3) is 4.71. The van der Waals surface area contributed by atoms with Crippen LogP contribution in [-0.2, 0) is 0 Å². The van der Waals surface area contributed by atoms with E-state index < -0.39 is 0 Å². The Hall–Kier alpha value is -3.39. The predicted molar refractivity (Wildman–Crippen MR) is 130 cm³/mol. The van der Waals surface area contributed by atoms with Gasteiger partial charge in [0.15, 0.2) is 0 Å². The van der Waals surface area contributed by atoms with Crippen LogP contribution >= 0.6 is 0 Å². The third-order valence-corrected chi connectivity index (χ3v) is 6.52. The number of piperazine rings is 2. The van der Waals surface area contributed by atoms with Gasteiger partial charge in [-0.2, -0.15) is 4.98 Å². The lowest BCUT2D eigenvalue weighted by Crippen LogP contribution is -2.49. The first-order valence-corrected chi connectivity index (χ1v) is 11.6. The molecule has 4 heterocycles. The summed E-state index contributed by atoms with van der Waals surface area (Å²) < 4.78 is 2.03. The lowest BCUT2D eigenvalue weighted by Gasteiger charge is -2.36. The molecule has 3 aromatic rings. The van der Waals surface area contributed by atoms with Crippen LogP contribution in [0.1, 0.15) is 16.1 Å². The van der Waals surface area contributed by atoms with E-state index in [2.05, 4.69) is 27.8 Å². The zero-order valence-corrected chi connectivity index (χ0v) is 19.4. The highest BCUT2D eigenvalue weighted by molar-refractivity contribution is 5.94. The van der Waals surface area contributed by atoms with Gasteiger partial charge in [0.05, 0.1) is 0 Å². The molecule has 2 aromatic heterocycles. The van der Waals surface area contributed by atoms with Crippen LogP contribution in [-0.4, -0.2) is 89.6 Å². The fourth-order valence-electron chi connectivity index (χ4n) is 4.45. The first kappa shape index (κ1) is 21.5. The summed E-state index contributed by atoms with van der Waals surface area (Å²) in [6.45, 7) is 8.89. The largest absolute Gasteiger partial charge is 0.354 e. The number of nitrogens with zero attached hydrogens (tertiary/aromatic N) is 7. The number of hydrogen-bond donors (Lipinski definition) is 0. The SMILES string of the molecule is Cc1cc(N2CCN(C)CC2)nc(N2CCN(C(=O)c3ccc(-n4cccc4)cc3)CC2)n1. The molecule has 1 aromatic carbocycles. The molecule has 8 heteroatoms. The third-order valence-electron chi connectivity index (χ3n) is 6.52. The normalized spacial score (nSPS) is 17.5. The van der Waals surface area contributed by atoms with Crippen LogP contribution in [0.5, 0.6) is 0 Å². The molecule has 33 heavy (non-hydrogen) atoms. The van der Waals surface area contributed by atoms with Crippen molar-refractivity contribution in [3.05, 3.63) is 66.1 Å². The number of hydrogen-bond acceptors (Lipinski definition) is 6. The number of rotatable bonds is 4. The zero-order valence-electron chi connectivity index (χ0n) is 19.4. The quantitative estimate of drug-likeness (QED) is 0.614. The zero-order chi connectivity index (χ0) is 22.8. The monoisotopic (exact) mass is 445 g/mol. The fourth-order valence-corrected chi connectivity index (χ4v) is 4.45. The summed E-state index contributed by atoms with van der Waals surface area (Å²) in [6.07, 6.45) is 4.00. The summed E-state index contributed by atoms with van der Waals surface area (Å²) in [6, 6.07) is 13.9. The van der Waals surface area contributed by atoms with Crippen molar-refractivity contribution in [3.63, 3.8) is 0 Å². The molecular weight excluding hydrogens is 414 g/mol. The molecule has 0 aliphatic carbocycles. The first-order chi connectivity index (χ1) is 16.1. The molecule has 0 bridgehead atoms. The molecular formula is C25H31N7O. The number of aryl methyl sites for hydroxylation is 1. The Balaban J connectivity index is 1.22. The van der Waals surface area contributed by atoms with Crippen molar-refractivity contribution < 1.29 is 4.79 Å². The van der Waals surface area contributed by atoms with Crippen LogP contribution in [0.2, 0.25) is 0 Å². The Bertz CT molecular complexity index is 1080. The molecule has 2 aliphatic heterocycles. The summed E-state index contributed by atoms with van der Waals surface area (Å²) in [5.41, 5.74) is 2.76. The molecule has 0 unspecified atom stereocenters. The van der Waals surface area contributed by atoms with Gasteiger partial charge in [0.2, 0.25) is 5.95 Å². The van der Waals surface area contributed by atoms with Gasteiger partial charge < -0.3 is 24.2 Å². The van der Waals surface area contributed by atoms with Gasteiger partial charge >= 0.3 is 0 Å². The summed E-state index contributed by atoms with van der Waals surface area (Å²) in [7, 11) is 2.16. The Morgan fingerprint density at radius 3 is 2.12 bits per heavy atom. The van der Waals surface area contributed by atoms with Crippen molar-refractivity contribution in [1.82, 2.24) is 24.3 Å². The van der Waals surface area contributed by atoms with Crippen LogP contribution in [0.25, 0.3) is 5.69 Å². The number of aromatic nitrogens is 3. The molecule has 0 radical (unpaired) electrons. The molecule has 0 saturated carbocycles. The minimum Gasteiger partial charge on any atom is -0.354 e. The Morgan fingerprint density at radius 1 is 0.818 bits per heavy atom. The second kappa shape index (κ2) is 9.23. The molecule has 0 atom stereocenters. The Kier molecular flexibility index (Phi) is 6.00. The molecule has 172 valence electrons. The molecule has 5 rings (SSSR count). The van der Waals surface area contributed by atoms with Gasteiger partial charge in [-0.25, -0.2) is 4.98 Å². The van der Waals surface area contributed by atoms with Crippen molar-refractivity contribution in [2.24, 2.45) is 0 Å². The maximum absolute atomic E-state index is 13.0. The van der Waals surface area contributed by atoms with E-state index >= 15 is 0 Å². The lowest BCUT2D eigenvalue weighted by atomic mass is 10.1. The summed E-state index contributed by atoms with van der Waals surface area (Å²) >= 11 is 0. The molecule has 1 amide bonds. The average Bonchev–Trinajstić information content (AvgIpc) is 3.39. The minimum atomic E-state index is 0.0805. The van der Waals surface area contributed by atoms with Gasteiger partial charge in [-0.3, -0.25) is 4.79 Å². The standard InChI is InChI=1S/C25H31N7O/c1-20-19-23(30-13-11-28(2)12-14-30)27-25(26-20)32-17-15-31(16-18-32)24(33)21-5-7-22(8-6-21)29-9-3-4-10-29/h3-10,19H,11-18H2,1-2H3. The van der Waals surface area contributed by atoms with Crippen LogP contribution in [0.15, 0.2) is 54.9 Å². The van der Waals surface area contributed by atoms with Crippen LogP contribution < -0.4 is 9.80 Å². The van der Waals surface area contributed by atoms with E-state index in [1.165, 1.54) is 0 Å². The molecule has 2 saturated heterocycles. The number of likely N-dealkylation sites (N-methyl/N-ethyl adjacent to an activating group) is 1. The summed E-state index contributed by atoms with van der Waals surface area (Å²) in [5.74, 6) is 1.86. The van der Waals surface area contributed by atoms with Crippen LogP contribution in [0, 0.1) is 6.92 Å². The molecule has 8 nitrogen and oxygen atoms in total. The lowest BCUT2D eigenvalue weighted by molar-refractivity contribution is 0.0746. The van der Waals surface area contributed by atoms with E-state index in [0.29, 0.717) is 13.1 Å². The van der Waals surface area contributed by atoms with E-state index in [-0.39, 0.29) is 5.91 Å². The smallest absolute Gasteiger partial charge is 0.253 e. The molecule has 0 N–H and O–H groups in total. The van der Waals surface area contributed by atoms with E-state index in [1.807, 2.05) is 65.2 Å². The average molecular weight is 446 g/mol. The van der Waals surface area contributed by atoms with E-state index in [9.17, 15) is 4.79 Å². The van der Waals surface area contributed by atoms with Crippen LogP contribution in [0.4, 0.5) is 11.8 Å². The number of benzene rings is 1. The van der Waals surface area contributed by atoms with Gasteiger partial charge in [0.25, 0.3) is 5.91 Å². The summed E-state index contributed by atoms with van der Waals surface area (Å²) in [4.78, 5) is 31.4. The van der Waals surface area contributed by atoms with Gasteiger partial charge in [-0.1, -0.05) is 0 Å². The van der Waals surface area contributed by atoms with Gasteiger partial charge in [-0.05, 0) is 50.4 Å². The topological polar surface area (TPSA) is 60.7 Å². The predicted octanol–water partition coefficient (Wildman–Crippen LogP) is 2.29. The fraction of sp³-hybridized carbons (Fsp3) is 0.400. The first-order valence-electron chi connectivity index (χ1n) is 11.6. The summed E-state index contributed by atoms with van der Waals surface area (Å²) in [5, 5.41) is 0. The van der Waals surface area contributed by atoms with E-state index in [0.717, 1.165) is 68.0 Å². The molecule has 0 spiro atoms. The minimum absolute atomic E-state index is 0.0805. The van der Waals surface area contributed by atoms with Gasteiger partial charge in [0.1, 0.15) is 5.82 Å². The molecule has 2 aliphatic rings. The second-order valence-electron chi connectivity index (χ2n) is 8.87. The highest BCUT2D eigenvalue weighted by Gasteiger charge is 2.25.